The van der Waals surface area contributed by atoms with E-state index in [-0.39, 0.29) is 11.7 Å². The van der Waals surface area contributed by atoms with Crippen molar-refractivity contribution in [1.29, 1.82) is 0 Å². The molecule has 0 unspecified atom stereocenters. The van der Waals surface area contributed by atoms with Gasteiger partial charge in [0.25, 0.3) is 0 Å². The SMILES string of the molecule is CC[C@@H](C(=O)Nc1ccccc1OC)n1c(SCc2cccc(F)c2)nc2ccncc21. The third-order valence-corrected chi connectivity index (χ3v) is 6.11. The Balaban J connectivity index is 1.67. The molecule has 2 aromatic heterocycles. The lowest BCUT2D eigenvalue weighted by molar-refractivity contribution is -0.119. The number of pyridine rings is 1. The zero-order chi connectivity index (χ0) is 22.5. The van der Waals surface area contributed by atoms with Gasteiger partial charge in [-0.1, -0.05) is 43.0 Å². The van der Waals surface area contributed by atoms with Gasteiger partial charge in [0.15, 0.2) is 5.16 Å². The highest BCUT2D eigenvalue weighted by Crippen LogP contribution is 2.32. The van der Waals surface area contributed by atoms with Crippen LogP contribution in [0.5, 0.6) is 5.75 Å². The molecule has 0 aliphatic carbocycles. The fourth-order valence-electron chi connectivity index (χ4n) is 3.55. The average molecular weight is 451 g/mol. The first kappa shape index (κ1) is 21.8. The molecule has 0 fully saturated rings. The number of nitrogens with zero attached hydrogens (tertiary/aromatic N) is 3. The topological polar surface area (TPSA) is 69.0 Å². The number of carbonyl (C=O) groups is 1. The number of anilines is 1. The smallest absolute Gasteiger partial charge is 0.247 e. The minimum atomic E-state index is -0.510. The van der Waals surface area contributed by atoms with Crippen LogP contribution in [0.4, 0.5) is 10.1 Å². The lowest BCUT2D eigenvalue weighted by Crippen LogP contribution is -2.26. The average Bonchev–Trinajstić information content (AvgIpc) is 3.17. The normalized spacial score (nSPS) is 12.0. The predicted molar refractivity (Wildman–Crippen MR) is 124 cm³/mol. The molecule has 0 aliphatic rings. The van der Waals surface area contributed by atoms with E-state index in [2.05, 4.69) is 10.3 Å². The number of benzene rings is 2. The van der Waals surface area contributed by atoms with Gasteiger partial charge in [-0.2, -0.15) is 0 Å². The number of nitrogens with one attached hydrogen (secondary N) is 1. The van der Waals surface area contributed by atoms with E-state index in [0.717, 1.165) is 16.6 Å². The van der Waals surface area contributed by atoms with E-state index in [0.29, 0.717) is 28.8 Å². The molecular formula is C24H23FN4O2S. The number of halogens is 1. The lowest BCUT2D eigenvalue weighted by atomic mass is 10.2. The standard InChI is InChI=1S/C24H23FN4O2S/c1-3-20(23(30)27-19-9-4-5-10-22(19)31-2)29-21-14-26-12-11-18(21)28-24(29)32-15-16-7-6-8-17(25)13-16/h4-14,20H,3,15H2,1-2H3,(H,27,30)/t20-/m0/s1. The van der Waals surface area contributed by atoms with Crippen LogP contribution in [0, 0.1) is 5.82 Å². The van der Waals surface area contributed by atoms with Crippen LogP contribution in [0.15, 0.2) is 72.1 Å². The number of hydrogen-bond donors (Lipinski definition) is 1. The van der Waals surface area contributed by atoms with Crippen LogP contribution in [-0.2, 0) is 10.5 Å². The maximum atomic E-state index is 13.6. The summed E-state index contributed by atoms with van der Waals surface area (Å²) in [6.07, 6.45) is 3.94. The Morgan fingerprint density at radius 3 is 2.84 bits per heavy atom. The molecule has 0 aliphatic heterocycles. The van der Waals surface area contributed by atoms with Crippen molar-refractivity contribution in [3.63, 3.8) is 0 Å². The molecule has 4 aromatic rings. The van der Waals surface area contributed by atoms with Crippen molar-refractivity contribution < 1.29 is 13.9 Å². The van der Waals surface area contributed by atoms with Gasteiger partial charge in [0.2, 0.25) is 5.91 Å². The molecule has 0 radical (unpaired) electrons. The number of aromatic nitrogens is 3. The maximum Gasteiger partial charge on any atom is 0.247 e. The summed E-state index contributed by atoms with van der Waals surface area (Å²) in [7, 11) is 1.57. The Morgan fingerprint density at radius 1 is 1.22 bits per heavy atom. The first-order valence-electron chi connectivity index (χ1n) is 10.2. The molecular weight excluding hydrogens is 427 g/mol. The second kappa shape index (κ2) is 9.82. The molecule has 0 saturated heterocycles. The summed E-state index contributed by atoms with van der Waals surface area (Å²) in [6.45, 7) is 1.95. The fraction of sp³-hybridized carbons (Fsp3) is 0.208. The second-order valence-corrected chi connectivity index (χ2v) is 8.10. The molecule has 1 amide bonds. The van der Waals surface area contributed by atoms with Gasteiger partial charge in [0.1, 0.15) is 17.6 Å². The van der Waals surface area contributed by atoms with Crippen molar-refractivity contribution in [2.75, 3.05) is 12.4 Å². The van der Waals surface area contributed by atoms with Crippen LogP contribution in [0.1, 0.15) is 24.9 Å². The van der Waals surface area contributed by atoms with Crippen molar-refractivity contribution in [3.05, 3.63) is 78.4 Å². The summed E-state index contributed by atoms with van der Waals surface area (Å²) in [5.74, 6) is 0.670. The van der Waals surface area contributed by atoms with Crippen LogP contribution >= 0.6 is 11.8 Å². The van der Waals surface area contributed by atoms with Crippen molar-refractivity contribution in [3.8, 4) is 5.75 Å². The molecule has 8 heteroatoms. The van der Waals surface area contributed by atoms with E-state index >= 15 is 0 Å². The number of imidazole rings is 1. The van der Waals surface area contributed by atoms with E-state index < -0.39 is 6.04 Å². The van der Waals surface area contributed by atoms with E-state index in [1.54, 1.807) is 37.7 Å². The molecule has 2 heterocycles. The van der Waals surface area contributed by atoms with Gasteiger partial charge < -0.3 is 14.6 Å². The van der Waals surface area contributed by atoms with Crippen LogP contribution in [0.2, 0.25) is 0 Å². The molecule has 164 valence electrons. The quantitative estimate of drug-likeness (QED) is 0.361. The number of carbonyl (C=O) groups excluding carboxylic acids is 1. The molecule has 0 saturated carbocycles. The Hall–Kier alpha value is -3.39. The Morgan fingerprint density at radius 2 is 2.06 bits per heavy atom. The molecule has 0 bridgehead atoms. The number of methoxy groups -OCH3 is 1. The summed E-state index contributed by atoms with van der Waals surface area (Å²) >= 11 is 1.46. The van der Waals surface area contributed by atoms with Crippen molar-refractivity contribution >= 4 is 34.4 Å². The molecule has 32 heavy (non-hydrogen) atoms. The number of rotatable bonds is 8. The summed E-state index contributed by atoms with van der Waals surface area (Å²) in [5, 5.41) is 3.66. The fourth-order valence-corrected chi connectivity index (χ4v) is 4.55. The van der Waals surface area contributed by atoms with Gasteiger partial charge in [-0.05, 0) is 42.3 Å². The second-order valence-electron chi connectivity index (χ2n) is 7.16. The third kappa shape index (κ3) is 4.60. The van der Waals surface area contributed by atoms with Gasteiger partial charge in [0, 0.05) is 11.9 Å². The minimum Gasteiger partial charge on any atom is -0.495 e. The minimum absolute atomic E-state index is 0.173. The van der Waals surface area contributed by atoms with Crippen molar-refractivity contribution in [2.24, 2.45) is 0 Å². The molecule has 1 atom stereocenters. The van der Waals surface area contributed by atoms with Gasteiger partial charge in [-0.3, -0.25) is 9.78 Å². The van der Waals surface area contributed by atoms with E-state index in [1.807, 2.05) is 35.8 Å². The maximum absolute atomic E-state index is 13.6. The Labute approximate surface area is 189 Å². The number of thioether (sulfide) groups is 1. The first-order chi connectivity index (χ1) is 15.6. The van der Waals surface area contributed by atoms with Crippen LogP contribution in [-0.4, -0.2) is 27.6 Å². The molecule has 6 nitrogen and oxygen atoms in total. The zero-order valence-electron chi connectivity index (χ0n) is 17.8. The number of hydrogen-bond acceptors (Lipinski definition) is 5. The van der Waals surface area contributed by atoms with Gasteiger partial charge in [-0.15, -0.1) is 0 Å². The first-order valence-corrected chi connectivity index (χ1v) is 11.2. The summed E-state index contributed by atoms with van der Waals surface area (Å²) in [5.41, 5.74) is 2.98. The molecule has 1 N–H and O–H groups in total. The van der Waals surface area contributed by atoms with Crippen molar-refractivity contribution in [1.82, 2.24) is 14.5 Å². The number of amides is 1. The number of fused-ring (bicyclic) bond motifs is 1. The highest BCUT2D eigenvalue weighted by molar-refractivity contribution is 7.98. The van der Waals surface area contributed by atoms with Crippen LogP contribution < -0.4 is 10.1 Å². The van der Waals surface area contributed by atoms with Gasteiger partial charge in [0.05, 0.1) is 30.0 Å². The largest absolute Gasteiger partial charge is 0.495 e. The van der Waals surface area contributed by atoms with E-state index in [4.69, 9.17) is 9.72 Å². The van der Waals surface area contributed by atoms with Crippen LogP contribution in [0.3, 0.4) is 0 Å². The zero-order valence-corrected chi connectivity index (χ0v) is 18.6. The predicted octanol–water partition coefficient (Wildman–Crippen LogP) is 5.46. The molecule has 2 aromatic carbocycles. The summed E-state index contributed by atoms with van der Waals surface area (Å²) in [4.78, 5) is 22.3. The third-order valence-electron chi connectivity index (χ3n) is 5.08. The molecule has 4 rings (SSSR count). The lowest BCUT2D eigenvalue weighted by Gasteiger charge is -2.20. The Bertz CT molecular complexity index is 1240. The van der Waals surface area contributed by atoms with Crippen LogP contribution in [0.25, 0.3) is 11.0 Å². The number of para-hydroxylation sites is 2. The van der Waals surface area contributed by atoms with E-state index in [9.17, 15) is 9.18 Å². The monoisotopic (exact) mass is 450 g/mol. The highest BCUT2D eigenvalue weighted by atomic mass is 32.2. The van der Waals surface area contributed by atoms with Gasteiger partial charge >= 0.3 is 0 Å². The number of ether oxygens (including phenoxy) is 1. The molecule has 0 spiro atoms. The van der Waals surface area contributed by atoms with E-state index in [1.165, 1.54) is 23.9 Å². The highest BCUT2D eigenvalue weighted by Gasteiger charge is 2.25. The summed E-state index contributed by atoms with van der Waals surface area (Å²) < 4.78 is 20.9. The van der Waals surface area contributed by atoms with Crippen molar-refractivity contribution in [2.45, 2.75) is 30.3 Å². The van der Waals surface area contributed by atoms with Gasteiger partial charge in [-0.25, -0.2) is 9.37 Å². The Kier molecular flexibility index (Phi) is 6.70. The summed E-state index contributed by atoms with van der Waals surface area (Å²) in [6, 6.07) is 15.1.